The van der Waals surface area contributed by atoms with Gasteiger partial charge < -0.3 is 4.74 Å². The molecule has 0 radical (unpaired) electrons. The van der Waals surface area contributed by atoms with E-state index in [0.717, 1.165) is 11.3 Å². The maximum atomic E-state index is 12.3. The van der Waals surface area contributed by atoms with Crippen LogP contribution in [0.3, 0.4) is 0 Å². The zero-order valence-corrected chi connectivity index (χ0v) is 16.0. The summed E-state index contributed by atoms with van der Waals surface area (Å²) >= 11 is 5.88. The van der Waals surface area contributed by atoms with Gasteiger partial charge in [-0.25, -0.2) is 8.42 Å². The van der Waals surface area contributed by atoms with E-state index >= 15 is 0 Å². The monoisotopic (exact) mass is 389 g/mol. The van der Waals surface area contributed by atoms with Gasteiger partial charge in [0.15, 0.2) is 0 Å². The second-order valence-electron chi connectivity index (χ2n) is 5.48. The average Bonchev–Trinajstić information content (AvgIpc) is 2.61. The molecular formula is C20H20ClNO3S. The first-order chi connectivity index (χ1) is 12.4. The fourth-order valence-electron chi connectivity index (χ4n) is 2.27. The molecule has 4 nitrogen and oxygen atoms in total. The van der Waals surface area contributed by atoms with Crippen molar-refractivity contribution in [3.63, 3.8) is 0 Å². The summed E-state index contributed by atoms with van der Waals surface area (Å²) in [6.07, 6.45) is 2.52. The predicted molar refractivity (Wildman–Crippen MR) is 105 cm³/mol. The van der Waals surface area contributed by atoms with Gasteiger partial charge in [-0.2, -0.15) is 4.72 Å². The lowest BCUT2D eigenvalue weighted by Crippen LogP contribution is -2.24. The van der Waals surface area contributed by atoms with E-state index in [1.54, 1.807) is 25.1 Å². The van der Waals surface area contributed by atoms with Crippen LogP contribution >= 0.6 is 11.6 Å². The standard InChI is InChI=1S/C20H20ClNO3S/c1-3-8-17-9-4-5-10-19(17)25-14-7-6-13-22-26(23,24)20-15-18(21)12-11-16(20)2/h3-5,9-12,15,22H,1,8,13-14H2,2H3. The van der Waals surface area contributed by atoms with Crippen LogP contribution < -0.4 is 9.46 Å². The van der Waals surface area contributed by atoms with E-state index in [-0.39, 0.29) is 18.0 Å². The number of rotatable bonds is 7. The lowest BCUT2D eigenvalue weighted by Gasteiger charge is -2.08. The molecule has 0 aliphatic carbocycles. The summed E-state index contributed by atoms with van der Waals surface area (Å²) in [4.78, 5) is 0.154. The molecule has 0 saturated heterocycles. The molecular weight excluding hydrogens is 370 g/mol. The number of aryl methyl sites for hydroxylation is 1. The molecule has 0 heterocycles. The number of allylic oxidation sites excluding steroid dienone is 1. The molecule has 0 spiro atoms. The number of nitrogens with one attached hydrogen (secondary N) is 1. The highest BCUT2D eigenvalue weighted by Crippen LogP contribution is 2.20. The van der Waals surface area contributed by atoms with Gasteiger partial charge in [0.1, 0.15) is 12.4 Å². The highest BCUT2D eigenvalue weighted by molar-refractivity contribution is 7.89. The molecule has 0 saturated carbocycles. The molecule has 2 aromatic carbocycles. The van der Waals surface area contributed by atoms with Crippen molar-refractivity contribution in [1.82, 2.24) is 4.72 Å². The normalized spacial score (nSPS) is 10.7. The summed E-state index contributed by atoms with van der Waals surface area (Å²) < 4.78 is 32.7. The van der Waals surface area contributed by atoms with Crippen LogP contribution in [0.4, 0.5) is 0 Å². The third-order valence-corrected chi connectivity index (χ3v) is 5.33. The van der Waals surface area contributed by atoms with E-state index in [1.165, 1.54) is 6.07 Å². The molecule has 2 rings (SSSR count). The molecule has 0 bridgehead atoms. The number of halogens is 1. The van der Waals surface area contributed by atoms with Crippen LogP contribution in [0.1, 0.15) is 11.1 Å². The van der Waals surface area contributed by atoms with Crippen molar-refractivity contribution >= 4 is 21.6 Å². The lowest BCUT2D eigenvalue weighted by molar-refractivity contribution is 0.366. The van der Waals surface area contributed by atoms with Crippen molar-refractivity contribution in [1.29, 1.82) is 0 Å². The number of hydrogen-bond donors (Lipinski definition) is 1. The number of hydrogen-bond acceptors (Lipinski definition) is 3. The highest BCUT2D eigenvalue weighted by atomic mass is 35.5. The maximum Gasteiger partial charge on any atom is 0.241 e. The summed E-state index contributed by atoms with van der Waals surface area (Å²) in [6, 6.07) is 12.4. The van der Waals surface area contributed by atoms with E-state index in [4.69, 9.17) is 16.3 Å². The molecule has 0 aliphatic rings. The Morgan fingerprint density at radius 2 is 2.00 bits per heavy atom. The Morgan fingerprint density at radius 3 is 2.77 bits per heavy atom. The van der Waals surface area contributed by atoms with Gasteiger partial charge in [0, 0.05) is 5.02 Å². The van der Waals surface area contributed by atoms with E-state index in [9.17, 15) is 8.42 Å². The van der Waals surface area contributed by atoms with E-state index in [2.05, 4.69) is 23.1 Å². The fourth-order valence-corrected chi connectivity index (χ4v) is 3.70. The smallest absolute Gasteiger partial charge is 0.241 e. The molecule has 0 aliphatic heterocycles. The van der Waals surface area contributed by atoms with Crippen LogP contribution in [-0.4, -0.2) is 21.6 Å². The van der Waals surface area contributed by atoms with E-state index in [1.807, 2.05) is 24.3 Å². The van der Waals surface area contributed by atoms with Crippen LogP contribution in [0.25, 0.3) is 0 Å². The Hall–Kier alpha value is -2.26. The molecule has 26 heavy (non-hydrogen) atoms. The Labute approximate surface area is 159 Å². The molecule has 2 aromatic rings. The zero-order chi connectivity index (χ0) is 19.0. The summed E-state index contributed by atoms with van der Waals surface area (Å²) in [7, 11) is -3.66. The second-order valence-corrected chi connectivity index (χ2v) is 7.65. The Balaban J connectivity index is 1.91. The third kappa shape index (κ3) is 5.63. The summed E-state index contributed by atoms with van der Waals surface area (Å²) in [5.74, 6) is 6.30. The summed E-state index contributed by atoms with van der Waals surface area (Å²) in [5.41, 5.74) is 1.65. The van der Waals surface area contributed by atoms with Crippen molar-refractivity contribution < 1.29 is 13.2 Å². The van der Waals surface area contributed by atoms with Crippen molar-refractivity contribution in [2.45, 2.75) is 18.2 Å². The molecule has 1 N–H and O–H groups in total. The molecule has 0 aromatic heterocycles. The van der Waals surface area contributed by atoms with Gasteiger partial charge in [-0.05, 0) is 42.7 Å². The first kappa shape index (κ1) is 20.1. The van der Waals surface area contributed by atoms with Crippen LogP contribution in [0.2, 0.25) is 5.02 Å². The Bertz CT molecular complexity index is 943. The molecule has 0 atom stereocenters. The Kier molecular flexibility index (Phi) is 7.28. The van der Waals surface area contributed by atoms with E-state index in [0.29, 0.717) is 17.0 Å². The molecule has 136 valence electrons. The number of ether oxygens (including phenoxy) is 1. The fraction of sp³-hybridized carbons (Fsp3) is 0.200. The summed E-state index contributed by atoms with van der Waals surface area (Å²) in [6.45, 7) is 5.60. The van der Waals surface area contributed by atoms with Crippen LogP contribution in [0, 0.1) is 18.8 Å². The summed E-state index contributed by atoms with van der Waals surface area (Å²) in [5, 5.41) is 0.369. The van der Waals surface area contributed by atoms with Crippen LogP contribution in [0.5, 0.6) is 5.75 Å². The zero-order valence-electron chi connectivity index (χ0n) is 14.5. The van der Waals surface area contributed by atoms with Crippen molar-refractivity contribution in [3.8, 4) is 17.6 Å². The van der Waals surface area contributed by atoms with Crippen molar-refractivity contribution in [2.75, 3.05) is 13.2 Å². The van der Waals surface area contributed by atoms with Gasteiger partial charge in [0.2, 0.25) is 10.0 Å². The molecule has 0 unspecified atom stereocenters. The highest BCUT2D eigenvalue weighted by Gasteiger charge is 2.16. The maximum absolute atomic E-state index is 12.3. The largest absolute Gasteiger partial charge is 0.481 e. The average molecular weight is 390 g/mol. The molecule has 0 fully saturated rings. The SMILES string of the molecule is C=CCc1ccccc1OCC#CCNS(=O)(=O)c1cc(Cl)ccc1C. The van der Waals surface area contributed by atoms with Gasteiger partial charge in [-0.15, -0.1) is 6.58 Å². The third-order valence-electron chi connectivity index (χ3n) is 3.55. The minimum atomic E-state index is -3.66. The predicted octanol–water partition coefficient (Wildman–Crippen LogP) is 3.74. The van der Waals surface area contributed by atoms with Crippen molar-refractivity contribution in [2.24, 2.45) is 0 Å². The van der Waals surface area contributed by atoms with Gasteiger partial charge in [0.25, 0.3) is 0 Å². The number of para-hydroxylation sites is 1. The molecule has 6 heteroatoms. The first-order valence-electron chi connectivity index (χ1n) is 7.97. The topological polar surface area (TPSA) is 55.4 Å². The minimum Gasteiger partial charge on any atom is -0.481 e. The second kappa shape index (κ2) is 9.44. The quantitative estimate of drug-likeness (QED) is 0.579. The van der Waals surface area contributed by atoms with Gasteiger partial charge in [-0.3, -0.25) is 0 Å². The van der Waals surface area contributed by atoms with Gasteiger partial charge in [0.05, 0.1) is 11.4 Å². The number of benzene rings is 2. The first-order valence-corrected chi connectivity index (χ1v) is 9.83. The van der Waals surface area contributed by atoms with E-state index < -0.39 is 10.0 Å². The lowest BCUT2D eigenvalue weighted by atomic mass is 10.1. The van der Waals surface area contributed by atoms with Crippen LogP contribution in [0.15, 0.2) is 60.0 Å². The van der Waals surface area contributed by atoms with Gasteiger partial charge >= 0.3 is 0 Å². The minimum absolute atomic E-state index is 0.00798. The van der Waals surface area contributed by atoms with Gasteiger partial charge in [-0.1, -0.05) is 53.8 Å². The van der Waals surface area contributed by atoms with Crippen LogP contribution in [-0.2, 0) is 16.4 Å². The number of sulfonamides is 1. The Morgan fingerprint density at radius 1 is 1.23 bits per heavy atom. The van der Waals surface area contributed by atoms with Crippen molar-refractivity contribution in [3.05, 3.63) is 71.3 Å². The molecule has 0 amide bonds.